The minimum Gasteiger partial charge on any atom is -0.480 e. The first-order chi connectivity index (χ1) is 18.1. The molecule has 2 aromatic rings. The van der Waals surface area contributed by atoms with Crippen LogP contribution < -0.4 is 5.32 Å². The van der Waals surface area contributed by atoms with Crippen LogP contribution in [0.4, 0.5) is 52.7 Å². The van der Waals surface area contributed by atoms with Crippen LogP contribution in [0, 0.1) is 0 Å². The summed E-state index contributed by atoms with van der Waals surface area (Å²) in [6.45, 7) is -2.50. The van der Waals surface area contributed by atoms with Crippen molar-refractivity contribution >= 4 is 17.6 Å². The maximum absolute atomic E-state index is 14.3. The van der Waals surface area contributed by atoms with Gasteiger partial charge >= 0.3 is 30.7 Å². The summed E-state index contributed by atoms with van der Waals surface area (Å²) in [6.07, 6.45) is -23.1. The summed E-state index contributed by atoms with van der Waals surface area (Å²) in [5.41, 5.74) is -13.1. The highest BCUT2D eigenvalue weighted by Gasteiger charge is 2.59. The van der Waals surface area contributed by atoms with E-state index in [0.29, 0.717) is 6.07 Å². The number of aliphatic imine (C=N–C) groups is 1. The molecule has 0 saturated heterocycles. The number of hydrogen-bond donors (Lipinski definition) is 2. The summed E-state index contributed by atoms with van der Waals surface area (Å²) in [4.78, 5) is 26.2. The molecule has 218 valence electrons. The van der Waals surface area contributed by atoms with Crippen molar-refractivity contribution in [2.24, 2.45) is 4.99 Å². The number of benzene rings is 2. The van der Waals surface area contributed by atoms with Crippen molar-refractivity contribution in [1.29, 1.82) is 0 Å². The normalized spacial score (nSPS) is 18.4. The van der Waals surface area contributed by atoms with Gasteiger partial charge in [-0.2, -0.15) is 52.7 Å². The van der Waals surface area contributed by atoms with Gasteiger partial charge in [-0.1, -0.05) is 6.07 Å². The number of rotatable bonds is 5. The van der Waals surface area contributed by atoms with Crippen molar-refractivity contribution in [3.05, 3.63) is 69.8 Å². The molecule has 1 heterocycles. The summed E-state index contributed by atoms with van der Waals surface area (Å²) in [5, 5.41) is 10.3. The summed E-state index contributed by atoms with van der Waals surface area (Å²) in [7, 11) is 0. The minimum atomic E-state index is -5.51. The van der Waals surface area contributed by atoms with Gasteiger partial charge in [0.05, 0.1) is 28.8 Å². The quantitative estimate of drug-likeness (QED) is 0.402. The largest absolute Gasteiger partial charge is 0.480 e. The smallest absolute Gasteiger partial charge is 0.417 e. The van der Waals surface area contributed by atoms with Gasteiger partial charge in [0.1, 0.15) is 12.0 Å². The van der Waals surface area contributed by atoms with Crippen LogP contribution in [0.5, 0.6) is 0 Å². The molecule has 2 aromatic carbocycles. The highest BCUT2D eigenvalue weighted by molar-refractivity contribution is 6.05. The summed E-state index contributed by atoms with van der Waals surface area (Å²) >= 11 is 0. The second-order valence-electron chi connectivity index (χ2n) is 8.65. The van der Waals surface area contributed by atoms with E-state index in [1.165, 1.54) is 0 Å². The van der Waals surface area contributed by atoms with E-state index < -0.39 is 101 Å². The van der Waals surface area contributed by atoms with Gasteiger partial charge in [0, 0.05) is 12.1 Å². The van der Waals surface area contributed by atoms with Crippen LogP contribution in [0.1, 0.15) is 44.6 Å². The van der Waals surface area contributed by atoms with Gasteiger partial charge in [0.15, 0.2) is 0 Å². The van der Waals surface area contributed by atoms with Crippen LogP contribution in [-0.2, 0) is 28.7 Å². The molecule has 1 aliphatic rings. The average molecular weight is 594 g/mol. The second kappa shape index (κ2) is 9.99. The SMILES string of the molecule is O=C(O)CNC(=O)c1ccc(C2=NCC(c3cc(C(F)(F)F)cc(C(F)(F)F)c3)(C(F)(F)F)C2)cc1C(F)(F)F. The van der Waals surface area contributed by atoms with Crippen LogP contribution in [0.2, 0.25) is 0 Å². The standard InChI is InChI=1S/C23H14F12N2O3/c24-20(25,26)12-4-11(5-13(6-12)21(27,28)29)19(23(33,34)35)7-16(37-9-19)10-1-2-14(15(3-10)22(30,31)32)18(40)36-8-17(38)39/h1-6H,7-9H2,(H,36,40)(H,38,39). The maximum atomic E-state index is 14.3. The van der Waals surface area contributed by atoms with E-state index in [2.05, 4.69) is 4.99 Å². The van der Waals surface area contributed by atoms with Gasteiger partial charge in [-0.15, -0.1) is 0 Å². The van der Waals surface area contributed by atoms with Gasteiger partial charge in [0.25, 0.3) is 5.91 Å². The number of halogens is 12. The first kappa shape index (κ1) is 30.7. The number of alkyl halides is 12. The molecular formula is C23H14F12N2O3. The van der Waals surface area contributed by atoms with Crippen molar-refractivity contribution in [2.75, 3.05) is 13.1 Å². The Hall–Kier alpha value is -3.79. The Morgan fingerprint density at radius 3 is 1.82 bits per heavy atom. The number of amides is 1. The number of hydrogen-bond acceptors (Lipinski definition) is 3. The number of nitrogens with zero attached hydrogens (tertiary/aromatic N) is 1. The highest BCUT2D eigenvalue weighted by atomic mass is 19.4. The van der Waals surface area contributed by atoms with E-state index >= 15 is 0 Å². The zero-order valence-electron chi connectivity index (χ0n) is 19.3. The van der Waals surface area contributed by atoms with Crippen LogP contribution in [0.25, 0.3) is 0 Å². The van der Waals surface area contributed by atoms with E-state index in [4.69, 9.17) is 5.11 Å². The molecule has 0 aliphatic carbocycles. The third kappa shape index (κ3) is 6.17. The van der Waals surface area contributed by atoms with Crippen molar-refractivity contribution in [3.63, 3.8) is 0 Å². The molecule has 0 bridgehead atoms. The minimum absolute atomic E-state index is 0.113. The van der Waals surface area contributed by atoms with Gasteiger partial charge < -0.3 is 10.4 Å². The fourth-order valence-electron chi connectivity index (χ4n) is 4.01. The van der Waals surface area contributed by atoms with E-state index in [-0.39, 0.29) is 24.3 Å². The maximum Gasteiger partial charge on any atom is 0.417 e. The molecule has 0 aromatic heterocycles. The van der Waals surface area contributed by atoms with Crippen molar-refractivity contribution < 1.29 is 67.4 Å². The molecular weight excluding hydrogens is 580 g/mol. The lowest BCUT2D eigenvalue weighted by molar-refractivity contribution is -0.184. The van der Waals surface area contributed by atoms with Crippen molar-refractivity contribution in [1.82, 2.24) is 5.32 Å². The Labute approximate surface area is 215 Å². The molecule has 1 atom stereocenters. The lowest BCUT2D eigenvalue weighted by Gasteiger charge is -2.32. The number of carboxylic acids is 1. The molecule has 2 N–H and O–H groups in total. The molecule has 0 spiro atoms. The van der Waals surface area contributed by atoms with Crippen LogP contribution in [0.15, 0.2) is 41.4 Å². The molecule has 1 amide bonds. The molecule has 40 heavy (non-hydrogen) atoms. The molecule has 3 rings (SSSR count). The van der Waals surface area contributed by atoms with Gasteiger partial charge in [-0.05, 0) is 41.5 Å². The first-order valence-corrected chi connectivity index (χ1v) is 10.7. The predicted molar refractivity (Wildman–Crippen MR) is 112 cm³/mol. The van der Waals surface area contributed by atoms with E-state index in [0.717, 1.165) is 6.07 Å². The lowest BCUT2D eigenvalue weighted by atomic mass is 9.75. The van der Waals surface area contributed by atoms with Crippen LogP contribution in [-0.4, -0.2) is 42.0 Å². The second-order valence-corrected chi connectivity index (χ2v) is 8.65. The van der Waals surface area contributed by atoms with Crippen LogP contribution >= 0.6 is 0 Å². The van der Waals surface area contributed by atoms with E-state index in [9.17, 15) is 62.3 Å². The number of nitrogens with one attached hydrogen (secondary N) is 1. The third-order valence-corrected chi connectivity index (χ3v) is 5.99. The topological polar surface area (TPSA) is 78.8 Å². The van der Waals surface area contributed by atoms with E-state index in [1.807, 2.05) is 0 Å². The van der Waals surface area contributed by atoms with Gasteiger partial charge in [0.2, 0.25) is 0 Å². The first-order valence-electron chi connectivity index (χ1n) is 10.7. The fourth-order valence-corrected chi connectivity index (χ4v) is 4.01. The van der Waals surface area contributed by atoms with E-state index in [1.54, 1.807) is 5.32 Å². The van der Waals surface area contributed by atoms with Crippen LogP contribution in [0.3, 0.4) is 0 Å². The molecule has 17 heteroatoms. The Kier molecular flexibility index (Phi) is 7.68. The monoisotopic (exact) mass is 594 g/mol. The molecule has 1 unspecified atom stereocenters. The Bertz CT molecular complexity index is 1320. The zero-order valence-corrected chi connectivity index (χ0v) is 19.3. The summed E-state index contributed by atoms with van der Waals surface area (Å²) < 4.78 is 164. The van der Waals surface area contributed by atoms with Crippen molar-refractivity contribution in [3.8, 4) is 0 Å². The fraction of sp³-hybridized carbons (Fsp3) is 0.348. The number of carbonyl (C=O) groups is 2. The Morgan fingerprint density at radius 2 is 1.38 bits per heavy atom. The molecule has 0 radical (unpaired) electrons. The predicted octanol–water partition coefficient (Wildman–Crippen LogP) is 6.25. The number of carboxylic acid groups (broad SMARTS) is 1. The van der Waals surface area contributed by atoms with Gasteiger partial charge in [-0.3, -0.25) is 14.6 Å². The highest BCUT2D eigenvalue weighted by Crippen LogP contribution is 2.50. The molecule has 5 nitrogen and oxygen atoms in total. The molecule has 0 fully saturated rings. The lowest BCUT2D eigenvalue weighted by Crippen LogP contribution is -2.44. The third-order valence-electron chi connectivity index (χ3n) is 5.99. The zero-order chi connectivity index (χ0) is 30.5. The molecule has 1 aliphatic heterocycles. The average Bonchev–Trinajstić information content (AvgIpc) is 3.27. The number of aliphatic carboxylic acids is 1. The van der Waals surface area contributed by atoms with Gasteiger partial charge in [-0.25, -0.2) is 0 Å². The summed E-state index contributed by atoms with van der Waals surface area (Å²) in [5.74, 6) is -3.08. The van der Waals surface area contributed by atoms with Crippen molar-refractivity contribution in [2.45, 2.75) is 36.5 Å². The summed E-state index contributed by atoms with van der Waals surface area (Å²) in [6, 6.07) is 0.902. The molecule has 0 saturated carbocycles. The Balaban J connectivity index is 2.12. The number of carbonyl (C=O) groups excluding carboxylic acids is 1. The Morgan fingerprint density at radius 1 is 0.825 bits per heavy atom.